The Bertz CT molecular complexity index is 1090. The SMILES string of the molecule is Cc1ccc(NC(=O)Cn2cnc3ccc(F)cc3c2=O)cc1C(F)(F)F. The molecule has 1 heterocycles. The molecule has 3 aromatic rings. The van der Waals surface area contributed by atoms with Crippen molar-refractivity contribution in [3.05, 3.63) is 70.0 Å². The van der Waals surface area contributed by atoms with Gasteiger partial charge in [-0.25, -0.2) is 9.37 Å². The molecule has 0 radical (unpaired) electrons. The summed E-state index contributed by atoms with van der Waals surface area (Å²) in [5, 5.41) is 2.32. The van der Waals surface area contributed by atoms with Crippen LogP contribution in [0.2, 0.25) is 0 Å². The van der Waals surface area contributed by atoms with Gasteiger partial charge < -0.3 is 5.32 Å². The Morgan fingerprint density at radius 3 is 2.63 bits per heavy atom. The highest BCUT2D eigenvalue weighted by Gasteiger charge is 2.32. The number of carbonyl (C=O) groups is 1. The molecule has 9 heteroatoms. The van der Waals surface area contributed by atoms with E-state index in [2.05, 4.69) is 10.3 Å². The molecule has 0 atom stereocenters. The molecule has 3 rings (SSSR count). The number of alkyl halides is 3. The summed E-state index contributed by atoms with van der Waals surface area (Å²) in [6.45, 7) is 0.835. The fourth-order valence-electron chi connectivity index (χ4n) is 2.60. The molecule has 140 valence electrons. The van der Waals surface area contributed by atoms with Crippen molar-refractivity contribution in [1.82, 2.24) is 9.55 Å². The third-order valence-electron chi connectivity index (χ3n) is 3.93. The molecule has 0 saturated carbocycles. The minimum Gasteiger partial charge on any atom is -0.325 e. The second kappa shape index (κ2) is 6.82. The topological polar surface area (TPSA) is 64.0 Å². The van der Waals surface area contributed by atoms with E-state index < -0.39 is 35.6 Å². The quantitative estimate of drug-likeness (QED) is 0.709. The number of hydrogen-bond acceptors (Lipinski definition) is 3. The van der Waals surface area contributed by atoms with E-state index in [1.807, 2.05) is 0 Å². The number of nitrogens with one attached hydrogen (secondary N) is 1. The van der Waals surface area contributed by atoms with Gasteiger partial charge in [0.2, 0.25) is 5.91 Å². The number of benzene rings is 2. The van der Waals surface area contributed by atoms with E-state index in [0.717, 1.165) is 29.1 Å². The van der Waals surface area contributed by atoms with Gasteiger partial charge in [-0.3, -0.25) is 14.2 Å². The monoisotopic (exact) mass is 379 g/mol. The predicted molar refractivity (Wildman–Crippen MR) is 90.8 cm³/mol. The van der Waals surface area contributed by atoms with Crippen molar-refractivity contribution in [2.24, 2.45) is 0 Å². The summed E-state index contributed by atoms with van der Waals surface area (Å²) in [6.07, 6.45) is -3.42. The summed E-state index contributed by atoms with van der Waals surface area (Å²) in [6, 6.07) is 6.89. The van der Waals surface area contributed by atoms with Crippen molar-refractivity contribution in [2.45, 2.75) is 19.6 Å². The van der Waals surface area contributed by atoms with E-state index in [1.165, 1.54) is 25.1 Å². The molecule has 0 bridgehead atoms. The van der Waals surface area contributed by atoms with Crippen LogP contribution >= 0.6 is 0 Å². The highest BCUT2D eigenvalue weighted by atomic mass is 19.4. The second-order valence-corrected chi connectivity index (χ2v) is 5.91. The van der Waals surface area contributed by atoms with Crippen LogP contribution < -0.4 is 10.9 Å². The van der Waals surface area contributed by atoms with Gasteiger partial charge in [-0.2, -0.15) is 13.2 Å². The van der Waals surface area contributed by atoms with Crippen molar-refractivity contribution >= 4 is 22.5 Å². The van der Waals surface area contributed by atoms with Crippen molar-refractivity contribution in [2.75, 3.05) is 5.32 Å². The molecule has 2 aromatic carbocycles. The fourth-order valence-corrected chi connectivity index (χ4v) is 2.60. The molecule has 0 saturated heterocycles. The zero-order chi connectivity index (χ0) is 19.8. The second-order valence-electron chi connectivity index (χ2n) is 5.91. The van der Waals surface area contributed by atoms with Crippen LogP contribution in [0.25, 0.3) is 10.9 Å². The number of fused-ring (bicyclic) bond motifs is 1. The average Bonchev–Trinajstić information content (AvgIpc) is 2.58. The standard InChI is InChI=1S/C18H13F4N3O2/c1-10-2-4-12(7-14(10)18(20,21)22)24-16(26)8-25-9-23-15-5-3-11(19)6-13(15)17(25)27/h2-7,9H,8H2,1H3,(H,24,26). The first-order chi connectivity index (χ1) is 12.6. The van der Waals surface area contributed by atoms with Gasteiger partial charge in [0.15, 0.2) is 0 Å². The van der Waals surface area contributed by atoms with E-state index in [0.29, 0.717) is 0 Å². The summed E-state index contributed by atoms with van der Waals surface area (Å²) >= 11 is 0. The van der Waals surface area contributed by atoms with E-state index in [-0.39, 0.29) is 22.2 Å². The Balaban J connectivity index is 1.84. The lowest BCUT2D eigenvalue weighted by atomic mass is 10.1. The molecular formula is C18H13F4N3O2. The zero-order valence-electron chi connectivity index (χ0n) is 14.0. The lowest BCUT2D eigenvalue weighted by Crippen LogP contribution is -2.28. The van der Waals surface area contributed by atoms with Gasteiger partial charge in [0, 0.05) is 5.69 Å². The van der Waals surface area contributed by atoms with Gasteiger partial charge in [0.25, 0.3) is 5.56 Å². The first-order valence-corrected chi connectivity index (χ1v) is 7.77. The van der Waals surface area contributed by atoms with Crippen LogP contribution in [0.5, 0.6) is 0 Å². The molecule has 0 aliphatic carbocycles. The Labute approximate surface area is 150 Å². The lowest BCUT2D eigenvalue weighted by molar-refractivity contribution is -0.138. The van der Waals surface area contributed by atoms with Crippen molar-refractivity contribution < 1.29 is 22.4 Å². The van der Waals surface area contributed by atoms with Crippen LogP contribution in [0.3, 0.4) is 0 Å². The molecule has 27 heavy (non-hydrogen) atoms. The van der Waals surface area contributed by atoms with Crippen molar-refractivity contribution in [3.63, 3.8) is 0 Å². The number of amides is 1. The first kappa shape index (κ1) is 18.6. The van der Waals surface area contributed by atoms with Crippen LogP contribution in [-0.2, 0) is 17.5 Å². The Morgan fingerprint density at radius 1 is 1.19 bits per heavy atom. The van der Waals surface area contributed by atoms with Gasteiger partial charge >= 0.3 is 6.18 Å². The highest BCUT2D eigenvalue weighted by Crippen LogP contribution is 2.33. The van der Waals surface area contributed by atoms with Crippen molar-refractivity contribution in [1.29, 1.82) is 0 Å². The summed E-state index contributed by atoms with van der Waals surface area (Å²) < 4.78 is 53.1. The molecule has 0 aliphatic heterocycles. The predicted octanol–water partition coefficient (Wildman–Crippen LogP) is 3.50. The van der Waals surface area contributed by atoms with Gasteiger partial charge in [0.05, 0.1) is 22.8 Å². The Kier molecular flexibility index (Phi) is 4.69. The summed E-state index contributed by atoms with van der Waals surface area (Å²) in [7, 11) is 0. The highest BCUT2D eigenvalue weighted by molar-refractivity contribution is 5.91. The molecule has 1 N–H and O–H groups in total. The largest absolute Gasteiger partial charge is 0.416 e. The summed E-state index contributed by atoms with van der Waals surface area (Å²) in [4.78, 5) is 28.4. The maximum atomic E-state index is 13.3. The van der Waals surface area contributed by atoms with Gasteiger partial charge in [-0.05, 0) is 42.8 Å². The van der Waals surface area contributed by atoms with E-state index in [1.54, 1.807) is 0 Å². The Hall–Kier alpha value is -3.23. The molecule has 0 aliphatic rings. The smallest absolute Gasteiger partial charge is 0.325 e. The third-order valence-corrected chi connectivity index (χ3v) is 3.93. The number of rotatable bonds is 3. The zero-order valence-corrected chi connectivity index (χ0v) is 14.0. The van der Waals surface area contributed by atoms with Crippen LogP contribution in [0.15, 0.2) is 47.5 Å². The molecule has 0 unspecified atom stereocenters. The third kappa shape index (κ3) is 3.97. The molecule has 1 amide bonds. The van der Waals surface area contributed by atoms with E-state index in [4.69, 9.17) is 0 Å². The summed E-state index contributed by atoms with van der Waals surface area (Å²) in [5.41, 5.74) is -1.25. The number of nitrogens with zero attached hydrogens (tertiary/aromatic N) is 2. The van der Waals surface area contributed by atoms with Crippen molar-refractivity contribution in [3.8, 4) is 0 Å². The molecule has 0 fully saturated rings. The minimum atomic E-state index is -4.55. The number of carbonyl (C=O) groups excluding carboxylic acids is 1. The maximum absolute atomic E-state index is 13.3. The van der Waals surface area contributed by atoms with Crippen LogP contribution in [-0.4, -0.2) is 15.5 Å². The molecule has 0 spiro atoms. The first-order valence-electron chi connectivity index (χ1n) is 7.77. The number of aryl methyl sites for hydroxylation is 1. The average molecular weight is 379 g/mol. The maximum Gasteiger partial charge on any atom is 0.416 e. The molecule has 5 nitrogen and oxygen atoms in total. The van der Waals surface area contributed by atoms with Gasteiger partial charge in [-0.15, -0.1) is 0 Å². The molecule has 1 aromatic heterocycles. The number of aromatic nitrogens is 2. The molecular weight excluding hydrogens is 366 g/mol. The van der Waals surface area contributed by atoms with Gasteiger partial charge in [-0.1, -0.05) is 6.07 Å². The van der Waals surface area contributed by atoms with Crippen LogP contribution in [0.1, 0.15) is 11.1 Å². The van der Waals surface area contributed by atoms with Crippen LogP contribution in [0.4, 0.5) is 23.2 Å². The fraction of sp³-hybridized carbons (Fsp3) is 0.167. The number of anilines is 1. The van der Waals surface area contributed by atoms with E-state index in [9.17, 15) is 27.2 Å². The number of halogens is 4. The minimum absolute atomic E-state index is 0.00000595. The summed E-state index contributed by atoms with van der Waals surface area (Å²) in [5.74, 6) is -1.34. The van der Waals surface area contributed by atoms with Gasteiger partial charge in [0.1, 0.15) is 12.4 Å². The lowest BCUT2D eigenvalue weighted by Gasteiger charge is -2.13. The Morgan fingerprint density at radius 2 is 1.93 bits per heavy atom. The van der Waals surface area contributed by atoms with Crippen LogP contribution in [0, 0.1) is 12.7 Å². The normalized spacial score (nSPS) is 11.6. The number of hydrogen-bond donors (Lipinski definition) is 1. The van der Waals surface area contributed by atoms with E-state index >= 15 is 0 Å².